The van der Waals surface area contributed by atoms with Gasteiger partial charge in [-0.3, -0.25) is 9.36 Å². The van der Waals surface area contributed by atoms with Gasteiger partial charge in [0.25, 0.3) is 5.56 Å². The molecular formula is C20H16N2O3S. The van der Waals surface area contributed by atoms with Gasteiger partial charge in [-0.1, -0.05) is 42.5 Å². The van der Waals surface area contributed by atoms with Gasteiger partial charge in [0.15, 0.2) is 0 Å². The number of benzene rings is 2. The maximum Gasteiger partial charge on any atom is 0.339 e. The summed E-state index contributed by atoms with van der Waals surface area (Å²) in [7, 11) is 0. The van der Waals surface area contributed by atoms with Gasteiger partial charge in [0, 0.05) is 5.38 Å². The van der Waals surface area contributed by atoms with E-state index in [1.54, 1.807) is 16.9 Å². The topological polar surface area (TPSA) is 61.2 Å². The number of aromatic nitrogens is 2. The van der Waals surface area contributed by atoms with Crippen LogP contribution >= 0.6 is 11.3 Å². The molecule has 0 bridgehead atoms. The largest absolute Gasteiger partial charge is 0.462 e. The number of carbonyl (C=O) groups is 1. The van der Waals surface area contributed by atoms with Crippen LogP contribution in [-0.4, -0.2) is 22.1 Å². The minimum absolute atomic E-state index is 0.229. The molecule has 0 spiro atoms. The molecule has 2 aromatic carbocycles. The number of carbonyl (C=O) groups excluding carboxylic acids is 1. The van der Waals surface area contributed by atoms with Crippen LogP contribution in [0.5, 0.6) is 0 Å². The first-order valence-electron chi connectivity index (χ1n) is 8.29. The Hall–Kier alpha value is -2.99. The zero-order valence-electron chi connectivity index (χ0n) is 14.1. The smallest absolute Gasteiger partial charge is 0.339 e. The van der Waals surface area contributed by atoms with Crippen molar-refractivity contribution in [2.45, 2.75) is 13.5 Å². The summed E-state index contributed by atoms with van der Waals surface area (Å²) in [5.41, 5.74) is 1.09. The molecule has 26 heavy (non-hydrogen) atoms. The monoisotopic (exact) mass is 364 g/mol. The van der Waals surface area contributed by atoms with Crippen molar-refractivity contribution in [2.24, 2.45) is 0 Å². The molecule has 0 saturated heterocycles. The normalized spacial score (nSPS) is 11.1. The molecule has 0 fully saturated rings. The summed E-state index contributed by atoms with van der Waals surface area (Å²) in [4.78, 5) is 30.0. The van der Waals surface area contributed by atoms with Crippen molar-refractivity contribution in [1.82, 2.24) is 9.55 Å². The van der Waals surface area contributed by atoms with Crippen molar-refractivity contribution in [3.8, 4) is 0 Å². The number of ether oxygens (including phenoxy) is 1. The molecule has 4 aromatic rings. The molecule has 130 valence electrons. The van der Waals surface area contributed by atoms with Gasteiger partial charge in [-0.25, -0.2) is 9.78 Å². The molecule has 0 aliphatic rings. The summed E-state index contributed by atoms with van der Waals surface area (Å²) in [6, 6.07) is 14.1. The first-order valence-corrected chi connectivity index (χ1v) is 9.17. The van der Waals surface area contributed by atoms with Crippen LogP contribution in [0, 0.1) is 0 Å². The van der Waals surface area contributed by atoms with Crippen molar-refractivity contribution in [1.29, 1.82) is 0 Å². The summed E-state index contributed by atoms with van der Waals surface area (Å²) >= 11 is 1.27. The fourth-order valence-corrected chi connectivity index (χ4v) is 3.92. The first-order chi connectivity index (χ1) is 12.7. The Bertz CT molecular complexity index is 1170. The minimum atomic E-state index is -0.486. The molecule has 0 N–H and O–H groups in total. The summed E-state index contributed by atoms with van der Waals surface area (Å²) < 4.78 is 6.60. The lowest BCUT2D eigenvalue weighted by Gasteiger charge is -2.09. The highest BCUT2D eigenvalue weighted by Gasteiger charge is 2.18. The zero-order chi connectivity index (χ0) is 18.1. The van der Waals surface area contributed by atoms with Gasteiger partial charge in [0.05, 0.1) is 30.4 Å². The number of rotatable bonds is 4. The first kappa shape index (κ1) is 16.5. The average molecular weight is 364 g/mol. The summed E-state index contributed by atoms with van der Waals surface area (Å²) in [6.45, 7) is 2.39. The predicted octanol–water partition coefficient (Wildman–Crippen LogP) is 3.84. The van der Waals surface area contributed by atoms with Gasteiger partial charge in [-0.05, 0) is 23.3 Å². The number of thiophene rings is 1. The van der Waals surface area contributed by atoms with E-state index in [2.05, 4.69) is 4.98 Å². The molecule has 0 saturated carbocycles. The molecule has 2 heterocycles. The predicted molar refractivity (Wildman–Crippen MR) is 103 cm³/mol. The standard InChI is InChI=1S/C20H16N2O3S/c1-2-25-20(24)16-11-26-18-17(16)19(23)22(12-21-18)10-14-8-5-7-13-6-3-4-9-15(13)14/h3-9,11-12H,2,10H2,1H3. The molecule has 0 unspecified atom stereocenters. The summed E-state index contributed by atoms with van der Waals surface area (Å²) in [5, 5.41) is 4.18. The number of nitrogens with zero attached hydrogens (tertiary/aromatic N) is 2. The van der Waals surface area contributed by atoms with E-state index >= 15 is 0 Å². The highest BCUT2D eigenvalue weighted by Crippen LogP contribution is 2.23. The van der Waals surface area contributed by atoms with Crippen LogP contribution < -0.4 is 5.56 Å². The number of hydrogen-bond donors (Lipinski definition) is 0. The molecule has 0 aliphatic heterocycles. The Balaban J connectivity index is 1.82. The maximum absolute atomic E-state index is 13.0. The van der Waals surface area contributed by atoms with E-state index in [-0.39, 0.29) is 17.7 Å². The molecule has 0 aliphatic carbocycles. The van der Waals surface area contributed by atoms with Crippen LogP contribution in [0.3, 0.4) is 0 Å². The van der Waals surface area contributed by atoms with Crippen molar-refractivity contribution < 1.29 is 9.53 Å². The highest BCUT2D eigenvalue weighted by atomic mass is 32.1. The fraction of sp³-hybridized carbons (Fsp3) is 0.150. The second kappa shape index (κ2) is 6.72. The van der Waals surface area contributed by atoms with Crippen LogP contribution in [0.4, 0.5) is 0 Å². The second-order valence-corrected chi connectivity index (χ2v) is 6.72. The summed E-state index contributed by atoms with van der Waals surface area (Å²) in [6.07, 6.45) is 1.54. The number of esters is 1. The summed E-state index contributed by atoms with van der Waals surface area (Å²) in [5.74, 6) is -0.486. The Kier molecular flexibility index (Phi) is 4.26. The average Bonchev–Trinajstić information content (AvgIpc) is 3.09. The van der Waals surface area contributed by atoms with Gasteiger partial charge >= 0.3 is 5.97 Å². The molecular weight excluding hydrogens is 348 g/mol. The van der Waals surface area contributed by atoms with Gasteiger partial charge in [0.1, 0.15) is 4.83 Å². The molecule has 0 amide bonds. The van der Waals surface area contributed by atoms with E-state index in [4.69, 9.17) is 4.74 Å². The minimum Gasteiger partial charge on any atom is -0.462 e. The van der Waals surface area contributed by atoms with E-state index < -0.39 is 5.97 Å². The van der Waals surface area contributed by atoms with Crippen LogP contribution in [0.1, 0.15) is 22.8 Å². The lowest BCUT2D eigenvalue weighted by atomic mass is 10.0. The molecule has 4 rings (SSSR count). The van der Waals surface area contributed by atoms with Crippen LogP contribution in [0.2, 0.25) is 0 Å². The third-order valence-corrected chi connectivity index (χ3v) is 5.16. The Labute approximate surface area is 153 Å². The fourth-order valence-electron chi connectivity index (χ4n) is 3.05. The Morgan fingerprint density at radius 3 is 2.85 bits per heavy atom. The van der Waals surface area contributed by atoms with Gasteiger partial charge < -0.3 is 4.74 Å². The van der Waals surface area contributed by atoms with Gasteiger partial charge in [-0.15, -0.1) is 11.3 Å². The van der Waals surface area contributed by atoms with Crippen LogP contribution in [0.25, 0.3) is 21.0 Å². The van der Waals surface area contributed by atoms with Crippen molar-refractivity contribution in [3.63, 3.8) is 0 Å². The second-order valence-electron chi connectivity index (χ2n) is 5.87. The maximum atomic E-state index is 13.0. The molecule has 5 nitrogen and oxygen atoms in total. The Morgan fingerprint density at radius 2 is 2.00 bits per heavy atom. The third kappa shape index (κ3) is 2.78. The van der Waals surface area contributed by atoms with Crippen molar-refractivity contribution in [3.05, 3.63) is 75.7 Å². The van der Waals surface area contributed by atoms with Crippen molar-refractivity contribution in [2.75, 3.05) is 6.61 Å². The van der Waals surface area contributed by atoms with Crippen LogP contribution in [0.15, 0.2) is 59.0 Å². The van der Waals surface area contributed by atoms with Crippen LogP contribution in [-0.2, 0) is 11.3 Å². The van der Waals surface area contributed by atoms with E-state index in [9.17, 15) is 9.59 Å². The van der Waals surface area contributed by atoms with Crippen molar-refractivity contribution >= 4 is 38.3 Å². The van der Waals surface area contributed by atoms with E-state index in [0.717, 1.165) is 16.3 Å². The zero-order valence-corrected chi connectivity index (χ0v) is 15.0. The molecule has 0 radical (unpaired) electrons. The number of hydrogen-bond acceptors (Lipinski definition) is 5. The van der Waals surface area contributed by atoms with E-state index in [1.165, 1.54) is 17.7 Å². The molecule has 6 heteroatoms. The quantitative estimate of drug-likeness (QED) is 0.516. The lowest BCUT2D eigenvalue weighted by molar-refractivity contribution is 0.0529. The Morgan fingerprint density at radius 1 is 1.19 bits per heavy atom. The highest BCUT2D eigenvalue weighted by molar-refractivity contribution is 7.17. The lowest BCUT2D eigenvalue weighted by Crippen LogP contribution is -2.22. The van der Waals surface area contributed by atoms with Gasteiger partial charge in [0.2, 0.25) is 0 Å². The van der Waals surface area contributed by atoms with E-state index in [1.807, 2.05) is 42.5 Å². The third-order valence-electron chi connectivity index (χ3n) is 4.28. The van der Waals surface area contributed by atoms with Gasteiger partial charge in [-0.2, -0.15) is 0 Å². The molecule has 2 aromatic heterocycles. The SMILES string of the molecule is CCOC(=O)c1csc2ncn(Cc3cccc4ccccc34)c(=O)c12. The van der Waals surface area contributed by atoms with E-state index in [0.29, 0.717) is 16.8 Å². The number of fused-ring (bicyclic) bond motifs is 2. The molecule has 0 atom stereocenters.